The minimum Gasteiger partial charge on any atom is -0.490 e. The van der Waals surface area contributed by atoms with Crippen molar-refractivity contribution in [2.75, 3.05) is 20.3 Å². The lowest BCUT2D eigenvalue weighted by atomic mass is 9.94. The third kappa shape index (κ3) is 4.89. The number of amides is 1. The van der Waals surface area contributed by atoms with Crippen LogP contribution in [-0.2, 0) is 0 Å². The molecular formula is C20H31NO3. The monoisotopic (exact) mass is 333 g/mol. The third-order valence-corrected chi connectivity index (χ3v) is 4.56. The molecule has 0 aliphatic heterocycles. The van der Waals surface area contributed by atoms with E-state index in [2.05, 4.69) is 13.8 Å². The van der Waals surface area contributed by atoms with Crippen LogP contribution in [0.15, 0.2) is 18.2 Å². The van der Waals surface area contributed by atoms with Crippen molar-refractivity contribution in [3.8, 4) is 11.5 Å². The van der Waals surface area contributed by atoms with Gasteiger partial charge in [0.25, 0.3) is 5.91 Å². The van der Waals surface area contributed by atoms with Crippen LogP contribution in [0.1, 0.15) is 69.2 Å². The molecule has 134 valence electrons. The summed E-state index contributed by atoms with van der Waals surface area (Å²) in [5.41, 5.74) is 0.679. The van der Waals surface area contributed by atoms with Gasteiger partial charge in [-0.25, -0.2) is 0 Å². The van der Waals surface area contributed by atoms with Gasteiger partial charge in [0.05, 0.1) is 13.2 Å². The van der Waals surface area contributed by atoms with Crippen molar-refractivity contribution in [3.05, 3.63) is 23.8 Å². The van der Waals surface area contributed by atoms with Crippen LogP contribution in [0.25, 0.3) is 0 Å². The number of ether oxygens (including phenoxy) is 2. The lowest BCUT2D eigenvalue weighted by molar-refractivity contribution is 0.0695. The van der Waals surface area contributed by atoms with Crippen LogP contribution in [0, 0.1) is 0 Å². The number of rotatable bonds is 8. The van der Waals surface area contributed by atoms with E-state index in [1.165, 1.54) is 19.3 Å². The summed E-state index contributed by atoms with van der Waals surface area (Å²) >= 11 is 0. The first-order chi connectivity index (χ1) is 11.7. The van der Waals surface area contributed by atoms with E-state index in [0.717, 1.165) is 31.4 Å². The molecular weight excluding hydrogens is 302 g/mol. The molecule has 0 N–H and O–H groups in total. The van der Waals surface area contributed by atoms with E-state index in [9.17, 15) is 4.79 Å². The van der Waals surface area contributed by atoms with Gasteiger partial charge in [0.1, 0.15) is 0 Å². The van der Waals surface area contributed by atoms with Gasteiger partial charge in [0.15, 0.2) is 11.5 Å². The van der Waals surface area contributed by atoms with Crippen molar-refractivity contribution in [1.82, 2.24) is 4.90 Å². The Bertz CT molecular complexity index is 524. The Morgan fingerprint density at radius 1 is 1.04 bits per heavy atom. The molecule has 0 heterocycles. The van der Waals surface area contributed by atoms with Gasteiger partial charge >= 0.3 is 0 Å². The molecule has 1 aromatic rings. The second-order valence-corrected chi connectivity index (χ2v) is 6.57. The minimum absolute atomic E-state index is 0.0743. The van der Waals surface area contributed by atoms with E-state index in [4.69, 9.17) is 9.47 Å². The summed E-state index contributed by atoms with van der Waals surface area (Å²) in [7, 11) is 1.92. The van der Waals surface area contributed by atoms with E-state index >= 15 is 0 Å². The van der Waals surface area contributed by atoms with Crippen molar-refractivity contribution in [2.24, 2.45) is 0 Å². The first kappa shape index (κ1) is 18.6. The summed E-state index contributed by atoms with van der Waals surface area (Å²) in [5, 5.41) is 0. The molecule has 0 spiro atoms. The van der Waals surface area contributed by atoms with E-state index in [1.54, 1.807) is 0 Å². The number of hydrogen-bond donors (Lipinski definition) is 0. The number of carbonyl (C=O) groups is 1. The zero-order chi connectivity index (χ0) is 17.4. The molecule has 1 amide bonds. The maximum absolute atomic E-state index is 12.8. The SMILES string of the molecule is CCCOc1ccc(C(=O)N(C)C2CCCCC2)cc1OCCC. The predicted molar refractivity (Wildman–Crippen MR) is 97.0 cm³/mol. The molecule has 4 heteroatoms. The summed E-state index contributed by atoms with van der Waals surface area (Å²) in [4.78, 5) is 14.7. The van der Waals surface area contributed by atoms with Crippen LogP contribution in [0.2, 0.25) is 0 Å². The lowest BCUT2D eigenvalue weighted by Crippen LogP contribution is -2.38. The Balaban J connectivity index is 2.14. The van der Waals surface area contributed by atoms with Crippen molar-refractivity contribution in [3.63, 3.8) is 0 Å². The average Bonchev–Trinajstić information content (AvgIpc) is 2.64. The van der Waals surface area contributed by atoms with Crippen molar-refractivity contribution >= 4 is 5.91 Å². The molecule has 0 bridgehead atoms. The van der Waals surface area contributed by atoms with Gasteiger partial charge in [-0.2, -0.15) is 0 Å². The van der Waals surface area contributed by atoms with Crippen LogP contribution < -0.4 is 9.47 Å². The Labute approximate surface area is 146 Å². The molecule has 1 aliphatic rings. The first-order valence-corrected chi connectivity index (χ1v) is 9.34. The van der Waals surface area contributed by atoms with Gasteiger partial charge in [-0.05, 0) is 43.9 Å². The van der Waals surface area contributed by atoms with Crippen LogP contribution in [0.3, 0.4) is 0 Å². The number of carbonyl (C=O) groups excluding carboxylic acids is 1. The highest BCUT2D eigenvalue weighted by Crippen LogP contribution is 2.30. The van der Waals surface area contributed by atoms with Gasteiger partial charge < -0.3 is 14.4 Å². The Hall–Kier alpha value is -1.71. The zero-order valence-corrected chi connectivity index (χ0v) is 15.3. The Morgan fingerprint density at radius 2 is 1.67 bits per heavy atom. The summed E-state index contributed by atoms with van der Waals surface area (Å²) in [6, 6.07) is 5.92. The summed E-state index contributed by atoms with van der Waals surface area (Å²) in [5.74, 6) is 1.47. The summed E-state index contributed by atoms with van der Waals surface area (Å²) in [6.07, 6.45) is 7.81. The summed E-state index contributed by atoms with van der Waals surface area (Å²) < 4.78 is 11.5. The fourth-order valence-corrected chi connectivity index (χ4v) is 3.13. The van der Waals surface area contributed by atoms with Crippen molar-refractivity contribution in [2.45, 2.75) is 64.8 Å². The summed E-state index contributed by atoms with van der Waals surface area (Å²) in [6.45, 7) is 5.42. The molecule has 1 aromatic carbocycles. The molecule has 1 fully saturated rings. The van der Waals surface area contributed by atoms with Gasteiger partial charge in [-0.1, -0.05) is 33.1 Å². The maximum Gasteiger partial charge on any atom is 0.253 e. The van der Waals surface area contributed by atoms with Crippen LogP contribution in [-0.4, -0.2) is 37.1 Å². The van der Waals surface area contributed by atoms with Gasteiger partial charge in [-0.15, -0.1) is 0 Å². The zero-order valence-electron chi connectivity index (χ0n) is 15.3. The number of nitrogens with zero attached hydrogens (tertiary/aromatic N) is 1. The van der Waals surface area contributed by atoms with E-state index in [1.807, 2.05) is 30.1 Å². The highest BCUT2D eigenvalue weighted by Gasteiger charge is 2.23. The van der Waals surface area contributed by atoms with Crippen LogP contribution >= 0.6 is 0 Å². The van der Waals surface area contributed by atoms with E-state index < -0.39 is 0 Å². The van der Waals surface area contributed by atoms with E-state index in [-0.39, 0.29) is 5.91 Å². The smallest absolute Gasteiger partial charge is 0.253 e. The lowest BCUT2D eigenvalue weighted by Gasteiger charge is -2.31. The predicted octanol–water partition coefficient (Wildman–Crippen LogP) is 4.67. The molecule has 4 nitrogen and oxygen atoms in total. The molecule has 0 atom stereocenters. The molecule has 0 unspecified atom stereocenters. The largest absolute Gasteiger partial charge is 0.490 e. The van der Waals surface area contributed by atoms with Gasteiger partial charge in [-0.3, -0.25) is 4.79 Å². The van der Waals surface area contributed by atoms with E-state index in [0.29, 0.717) is 30.6 Å². The second kappa shape index (κ2) is 9.55. The number of hydrogen-bond acceptors (Lipinski definition) is 3. The highest BCUT2D eigenvalue weighted by atomic mass is 16.5. The molecule has 2 rings (SSSR count). The topological polar surface area (TPSA) is 38.8 Å². The standard InChI is InChI=1S/C20H31NO3/c1-4-13-23-18-12-11-16(15-19(18)24-14-5-2)20(22)21(3)17-9-7-6-8-10-17/h11-12,15,17H,4-10,13-14H2,1-3H3. The first-order valence-electron chi connectivity index (χ1n) is 9.34. The minimum atomic E-state index is 0.0743. The molecule has 1 saturated carbocycles. The number of benzene rings is 1. The van der Waals surface area contributed by atoms with Gasteiger partial charge in [0.2, 0.25) is 0 Å². The second-order valence-electron chi connectivity index (χ2n) is 6.57. The molecule has 0 radical (unpaired) electrons. The fraction of sp³-hybridized carbons (Fsp3) is 0.650. The quantitative estimate of drug-likeness (QED) is 0.694. The maximum atomic E-state index is 12.8. The normalized spacial score (nSPS) is 15.1. The molecule has 0 aromatic heterocycles. The fourth-order valence-electron chi connectivity index (χ4n) is 3.13. The van der Waals surface area contributed by atoms with Gasteiger partial charge in [0, 0.05) is 18.7 Å². The Morgan fingerprint density at radius 3 is 2.29 bits per heavy atom. The van der Waals surface area contributed by atoms with Crippen molar-refractivity contribution in [1.29, 1.82) is 0 Å². The molecule has 24 heavy (non-hydrogen) atoms. The highest BCUT2D eigenvalue weighted by molar-refractivity contribution is 5.95. The Kier molecular flexibility index (Phi) is 7.41. The van der Waals surface area contributed by atoms with Crippen molar-refractivity contribution < 1.29 is 14.3 Å². The molecule has 0 saturated heterocycles. The third-order valence-electron chi connectivity index (χ3n) is 4.56. The van der Waals surface area contributed by atoms with Crippen LogP contribution in [0.5, 0.6) is 11.5 Å². The van der Waals surface area contributed by atoms with Crippen LogP contribution in [0.4, 0.5) is 0 Å². The average molecular weight is 333 g/mol. The molecule has 1 aliphatic carbocycles.